The first-order valence-corrected chi connectivity index (χ1v) is 18.3. The molecule has 0 atom stereocenters. The third-order valence-electron chi connectivity index (χ3n) is 9.00. The first-order valence-electron chi connectivity index (χ1n) is 18.0. The van der Waals surface area contributed by atoms with Crippen LogP contribution in [0.5, 0.6) is 0 Å². The zero-order valence-corrected chi connectivity index (χ0v) is 34.0. The van der Waals surface area contributed by atoms with Gasteiger partial charge in [-0.15, -0.1) is 12.4 Å². The number of aromatic nitrogens is 10. The minimum Gasteiger partial charge on any atom is -0.441 e. The molecule has 0 bridgehead atoms. The molecule has 10 rings (SSSR count). The van der Waals surface area contributed by atoms with Gasteiger partial charge in [0.2, 0.25) is 0 Å². The lowest BCUT2D eigenvalue weighted by Gasteiger charge is -2.10. The van der Waals surface area contributed by atoms with E-state index in [-0.39, 0.29) is 12.4 Å². The lowest BCUT2D eigenvalue weighted by Crippen LogP contribution is -2.02. The van der Waals surface area contributed by atoms with Gasteiger partial charge in [0.25, 0.3) is 0 Å². The SMILES string of the molecule is Cc1nc2cc(N)ccc2o1.Cc1nc2cc(Nc3nc(-c4ccccc4)nc4c(C)nn(C)c34)ccc2o1.Cc1nn(C)c2c(Cl)nc(-c3ccccc3)nc12.Cl. The van der Waals surface area contributed by atoms with Gasteiger partial charge < -0.3 is 19.9 Å². The Morgan fingerprint density at radius 1 is 0.586 bits per heavy atom. The molecule has 6 heterocycles. The first-order chi connectivity index (χ1) is 27.5. The highest BCUT2D eigenvalue weighted by atomic mass is 35.5. The maximum absolute atomic E-state index is 6.22. The number of nitrogens with two attached hydrogens (primary N) is 1. The fraction of sp³-hybridized carbons (Fsp3) is 0.143. The topological polar surface area (TPSA) is 177 Å². The number of anilines is 3. The van der Waals surface area contributed by atoms with Crippen LogP contribution >= 0.6 is 24.0 Å². The highest BCUT2D eigenvalue weighted by Gasteiger charge is 2.17. The van der Waals surface area contributed by atoms with Crippen molar-refractivity contribution in [2.75, 3.05) is 11.1 Å². The molecule has 6 aromatic heterocycles. The molecule has 0 radical (unpaired) electrons. The number of halogens is 2. The lowest BCUT2D eigenvalue weighted by atomic mass is 10.2. The summed E-state index contributed by atoms with van der Waals surface area (Å²) in [6.45, 7) is 7.53. The minimum absolute atomic E-state index is 0. The van der Waals surface area contributed by atoms with Gasteiger partial charge in [0.15, 0.2) is 45.6 Å². The van der Waals surface area contributed by atoms with Crippen LogP contribution in [0.3, 0.4) is 0 Å². The van der Waals surface area contributed by atoms with Crippen molar-refractivity contribution in [1.82, 2.24) is 49.5 Å². The van der Waals surface area contributed by atoms with Crippen LogP contribution in [0.1, 0.15) is 23.2 Å². The Bertz CT molecular complexity index is 3050. The van der Waals surface area contributed by atoms with Crippen molar-refractivity contribution in [2.45, 2.75) is 27.7 Å². The molecule has 0 spiro atoms. The summed E-state index contributed by atoms with van der Waals surface area (Å²) in [6, 6.07) is 30.9. The summed E-state index contributed by atoms with van der Waals surface area (Å²) in [7, 11) is 3.74. The molecule has 292 valence electrons. The van der Waals surface area contributed by atoms with E-state index in [1.54, 1.807) is 21.5 Å². The zero-order chi connectivity index (χ0) is 39.8. The van der Waals surface area contributed by atoms with Gasteiger partial charge in [-0.3, -0.25) is 9.36 Å². The van der Waals surface area contributed by atoms with E-state index in [1.807, 2.05) is 127 Å². The van der Waals surface area contributed by atoms with Gasteiger partial charge in [-0.05, 0) is 50.2 Å². The molecular formula is C42H38Cl2N12O2. The molecule has 0 unspecified atom stereocenters. The highest BCUT2D eigenvalue weighted by Crippen LogP contribution is 2.30. The van der Waals surface area contributed by atoms with E-state index < -0.39 is 0 Å². The molecule has 3 N–H and O–H groups in total. The molecule has 0 aliphatic rings. The Labute approximate surface area is 343 Å². The lowest BCUT2D eigenvalue weighted by molar-refractivity contribution is 0.560. The number of rotatable bonds is 4. The van der Waals surface area contributed by atoms with Crippen molar-refractivity contribution in [3.8, 4) is 22.8 Å². The second-order valence-electron chi connectivity index (χ2n) is 13.3. The van der Waals surface area contributed by atoms with Crippen molar-refractivity contribution in [2.24, 2.45) is 14.1 Å². The molecular weight excluding hydrogens is 775 g/mol. The summed E-state index contributed by atoms with van der Waals surface area (Å²) < 4.78 is 14.3. The number of oxazole rings is 2. The molecule has 0 saturated heterocycles. The number of benzene rings is 4. The summed E-state index contributed by atoms with van der Waals surface area (Å²) in [5.41, 5.74) is 17.2. The normalized spacial score (nSPS) is 10.9. The van der Waals surface area contributed by atoms with Gasteiger partial charge in [-0.25, -0.2) is 29.9 Å². The van der Waals surface area contributed by atoms with Crippen LogP contribution in [0.2, 0.25) is 5.15 Å². The van der Waals surface area contributed by atoms with Gasteiger partial charge >= 0.3 is 0 Å². The van der Waals surface area contributed by atoms with Crippen LogP contribution < -0.4 is 11.1 Å². The maximum Gasteiger partial charge on any atom is 0.192 e. The third-order valence-corrected chi connectivity index (χ3v) is 9.26. The Hall–Kier alpha value is -6.90. The standard InChI is InChI=1S/C21H18N6O.C13H11ClN4.C8H8N2O.ClH/c1-12-18-19(27(3)26-12)21(25-20(24-18)14-7-5-4-6-8-14)23-15-9-10-17-16(11-15)22-13(2)28-17;1-8-10-11(18(2)17-8)12(14)16-13(15-10)9-6-4-3-5-7-9;1-5-10-7-4-6(9)2-3-8(7)11-5;/h4-11H,1-3H3,(H,23,24,25);3-7H,1-2H3;2-4H,9H2,1H3;1H. The predicted molar refractivity (Wildman–Crippen MR) is 230 cm³/mol. The van der Waals surface area contributed by atoms with E-state index in [0.29, 0.717) is 40.1 Å². The summed E-state index contributed by atoms with van der Waals surface area (Å²) >= 11 is 6.22. The van der Waals surface area contributed by atoms with Gasteiger partial charge in [-0.1, -0.05) is 72.3 Å². The summed E-state index contributed by atoms with van der Waals surface area (Å²) in [5, 5.41) is 12.7. The Balaban J connectivity index is 0.000000146. The average molecular weight is 814 g/mol. The van der Waals surface area contributed by atoms with E-state index in [2.05, 4.69) is 35.5 Å². The molecule has 58 heavy (non-hydrogen) atoms. The predicted octanol–water partition coefficient (Wildman–Crippen LogP) is 9.66. The van der Waals surface area contributed by atoms with Gasteiger partial charge in [0.05, 0.1) is 11.4 Å². The van der Waals surface area contributed by atoms with Crippen molar-refractivity contribution in [1.29, 1.82) is 0 Å². The molecule has 0 aliphatic carbocycles. The number of nitrogen functional groups attached to an aromatic ring is 1. The monoisotopic (exact) mass is 812 g/mol. The number of fused-ring (bicyclic) bond motifs is 4. The van der Waals surface area contributed by atoms with Gasteiger partial charge in [0.1, 0.15) is 33.1 Å². The number of nitrogens with zero attached hydrogens (tertiary/aromatic N) is 10. The van der Waals surface area contributed by atoms with Crippen molar-refractivity contribution < 1.29 is 8.83 Å². The van der Waals surface area contributed by atoms with Crippen LogP contribution in [0.4, 0.5) is 17.2 Å². The fourth-order valence-electron chi connectivity index (χ4n) is 6.46. The molecule has 0 amide bonds. The van der Waals surface area contributed by atoms with E-state index >= 15 is 0 Å². The van der Waals surface area contributed by atoms with E-state index in [0.717, 1.165) is 72.5 Å². The highest BCUT2D eigenvalue weighted by molar-refractivity contribution is 6.33. The second kappa shape index (κ2) is 16.3. The molecule has 4 aromatic carbocycles. The smallest absolute Gasteiger partial charge is 0.192 e. The van der Waals surface area contributed by atoms with Crippen molar-refractivity contribution in [3.05, 3.63) is 125 Å². The Kier molecular flexibility index (Phi) is 11.1. The number of hydrogen-bond donors (Lipinski definition) is 2. The molecule has 16 heteroatoms. The van der Waals surface area contributed by atoms with E-state index in [1.165, 1.54) is 0 Å². The summed E-state index contributed by atoms with van der Waals surface area (Å²) in [4.78, 5) is 27.0. The number of hydrogen-bond acceptors (Lipinski definition) is 12. The van der Waals surface area contributed by atoms with Crippen molar-refractivity contribution in [3.63, 3.8) is 0 Å². The van der Waals surface area contributed by atoms with E-state index in [9.17, 15) is 0 Å². The van der Waals surface area contributed by atoms with Gasteiger partial charge in [-0.2, -0.15) is 10.2 Å². The maximum atomic E-state index is 6.22. The third kappa shape index (κ3) is 8.01. The van der Waals surface area contributed by atoms with Crippen LogP contribution in [-0.4, -0.2) is 49.5 Å². The molecule has 0 aliphatic heterocycles. The number of aryl methyl sites for hydroxylation is 6. The van der Waals surface area contributed by atoms with Crippen LogP contribution in [0, 0.1) is 27.7 Å². The molecule has 0 fully saturated rings. The Morgan fingerprint density at radius 3 is 1.67 bits per heavy atom. The largest absolute Gasteiger partial charge is 0.441 e. The minimum atomic E-state index is 0. The van der Waals surface area contributed by atoms with Gasteiger partial charge in [0, 0.05) is 50.4 Å². The van der Waals surface area contributed by atoms with Crippen LogP contribution in [0.25, 0.3) is 67.0 Å². The fourth-order valence-corrected chi connectivity index (χ4v) is 6.75. The first kappa shape index (κ1) is 39.3. The molecule has 14 nitrogen and oxygen atoms in total. The van der Waals surface area contributed by atoms with Crippen molar-refractivity contribution >= 4 is 85.5 Å². The van der Waals surface area contributed by atoms with E-state index in [4.69, 9.17) is 36.1 Å². The number of nitrogens with one attached hydrogen (secondary N) is 1. The summed E-state index contributed by atoms with van der Waals surface area (Å²) in [6.07, 6.45) is 0. The zero-order valence-electron chi connectivity index (χ0n) is 32.4. The quantitative estimate of drug-likeness (QED) is 0.127. The second-order valence-corrected chi connectivity index (χ2v) is 13.6. The molecule has 10 aromatic rings. The molecule has 0 saturated carbocycles. The van der Waals surface area contributed by atoms with Crippen LogP contribution in [-0.2, 0) is 14.1 Å². The average Bonchev–Trinajstić information content (AvgIpc) is 3.93. The summed E-state index contributed by atoms with van der Waals surface area (Å²) in [5.74, 6) is 3.30. The Morgan fingerprint density at radius 2 is 1.09 bits per heavy atom. The van der Waals surface area contributed by atoms with Crippen LogP contribution in [0.15, 0.2) is 106 Å².